The Hall–Kier alpha value is -3.03. The number of halogens is 2. The van der Waals surface area contributed by atoms with Crippen LogP contribution in [0.5, 0.6) is 0 Å². The number of pyridine rings is 1. The summed E-state index contributed by atoms with van der Waals surface area (Å²) in [7, 11) is 0. The number of alkyl halides is 1. The summed E-state index contributed by atoms with van der Waals surface area (Å²) in [4.78, 5) is 33.4. The van der Waals surface area contributed by atoms with Crippen molar-refractivity contribution in [2.45, 2.75) is 32.3 Å². The van der Waals surface area contributed by atoms with Crippen molar-refractivity contribution in [1.82, 2.24) is 14.6 Å². The molecule has 0 fully saturated rings. The van der Waals surface area contributed by atoms with Crippen LogP contribution in [0.2, 0.25) is 5.15 Å². The number of para-hydroxylation sites is 1. The number of fused-ring (bicyclic) bond motifs is 3. The number of aromatic nitrogens is 3. The summed E-state index contributed by atoms with van der Waals surface area (Å²) in [6.45, 7) is 5.27. The van der Waals surface area contributed by atoms with Crippen molar-refractivity contribution in [3.63, 3.8) is 0 Å². The maximum absolute atomic E-state index is 13.3. The average Bonchev–Trinajstić information content (AvgIpc) is 3.05. The van der Waals surface area contributed by atoms with E-state index in [0.717, 1.165) is 5.56 Å². The molecule has 2 aromatic heterocycles. The number of hydrogen-bond donors (Lipinski definition) is 1. The van der Waals surface area contributed by atoms with Crippen LogP contribution in [0, 0.1) is 0 Å². The first-order valence-corrected chi connectivity index (χ1v) is 10.5. The average molecular weight is 459 g/mol. The monoisotopic (exact) mass is 458 g/mol. The van der Waals surface area contributed by atoms with Gasteiger partial charge in [0.2, 0.25) is 0 Å². The summed E-state index contributed by atoms with van der Waals surface area (Å²) < 4.78 is 6.85. The summed E-state index contributed by atoms with van der Waals surface area (Å²) >= 11 is 12.3. The van der Waals surface area contributed by atoms with E-state index in [-0.39, 0.29) is 5.15 Å². The van der Waals surface area contributed by atoms with Gasteiger partial charge in [-0.15, -0.1) is 11.6 Å². The normalized spacial score (nSPS) is 11.8. The minimum Gasteiger partial charge on any atom is -0.442 e. The smallest absolute Gasteiger partial charge is 0.434 e. The van der Waals surface area contributed by atoms with Gasteiger partial charge in [-0.1, -0.05) is 41.9 Å². The molecular weight excluding hydrogens is 439 g/mol. The summed E-state index contributed by atoms with van der Waals surface area (Å²) in [5.74, 6) is 0.325. The Morgan fingerprint density at radius 3 is 2.48 bits per heavy atom. The van der Waals surface area contributed by atoms with Gasteiger partial charge in [0.15, 0.2) is 5.15 Å². The molecular formula is C22H20Cl2N4O3. The lowest BCUT2D eigenvalue weighted by Crippen LogP contribution is -2.44. The molecule has 0 aliphatic carbocycles. The second-order valence-electron chi connectivity index (χ2n) is 7.98. The van der Waals surface area contributed by atoms with Crippen molar-refractivity contribution < 1.29 is 9.53 Å². The zero-order valence-corrected chi connectivity index (χ0v) is 18.7. The molecule has 1 amide bonds. The standard InChI is InChI=1S/C22H20Cl2N4O3/c1-22(2,3)31-21(30)27(14-10-8-13(12-23)9-11-14)28-18-15-6-4-5-7-16(15)25-19(24)17(18)26-20(28)29/h4-11H,12H2,1-3H3,(H,26,29). The number of imidazole rings is 1. The third-order valence-corrected chi connectivity index (χ3v) is 5.14. The minimum absolute atomic E-state index is 0.131. The largest absolute Gasteiger partial charge is 0.442 e. The first kappa shape index (κ1) is 21.2. The van der Waals surface area contributed by atoms with Gasteiger partial charge in [-0.3, -0.25) is 0 Å². The Labute approximate surface area is 188 Å². The fourth-order valence-electron chi connectivity index (χ4n) is 3.28. The molecule has 0 aliphatic rings. The highest BCUT2D eigenvalue weighted by molar-refractivity contribution is 6.35. The molecule has 0 atom stereocenters. The van der Waals surface area contributed by atoms with Crippen LogP contribution in [0.3, 0.4) is 0 Å². The topological polar surface area (TPSA) is 80.2 Å². The number of H-pyrrole nitrogens is 1. The number of hydrogen-bond acceptors (Lipinski definition) is 4. The van der Waals surface area contributed by atoms with E-state index >= 15 is 0 Å². The van der Waals surface area contributed by atoms with Gasteiger partial charge in [0.05, 0.1) is 11.2 Å². The molecule has 0 saturated carbocycles. The highest BCUT2D eigenvalue weighted by atomic mass is 35.5. The highest BCUT2D eigenvalue weighted by Crippen LogP contribution is 2.29. The summed E-state index contributed by atoms with van der Waals surface area (Å²) in [5.41, 5.74) is 1.32. The van der Waals surface area contributed by atoms with Crippen LogP contribution >= 0.6 is 23.2 Å². The zero-order chi connectivity index (χ0) is 22.3. The lowest BCUT2D eigenvalue weighted by Gasteiger charge is -2.28. The molecule has 0 radical (unpaired) electrons. The predicted molar refractivity (Wildman–Crippen MR) is 123 cm³/mol. The van der Waals surface area contributed by atoms with Gasteiger partial charge >= 0.3 is 11.8 Å². The van der Waals surface area contributed by atoms with Crippen LogP contribution in [-0.2, 0) is 10.6 Å². The maximum atomic E-state index is 13.3. The van der Waals surface area contributed by atoms with E-state index in [1.165, 1.54) is 9.69 Å². The van der Waals surface area contributed by atoms with Gasteiger partial charge in [0.1, 0.15) is 16.6 Å². The lowest BCUT2D eigenvalue weighted by atomic mass is 10.2. The summed E-state index contributed by atoms with van der Waals surface area (Å²) in [5, 5.41) is 1.98. The minimum atomic E-state index is -0.775. The molecule has 0 aliphatic heterocycles. The molecule has 9 heteroatoms. The van der Waals surface area contributed by atoms with Crippen molar-refractivity contribution in [1.29, 1.82) is 0 Å². The zero-order valence-electron chi connectivity index (χ0n) is 17.1. The number of ether oxygens (including phenoxy) is 1. The van der Waals surface area contributed by atoms with Gasteiger partial charge < -0.3 is 9.72 Å². The number of benzene rings is 2. The SMILES string of the molecule is CC(C)(C)OC(=O)N(c1ccc(CCl)cc1)n1c(=O)[nH]c2c(Cl)nc3ccccc3c21. The second-order valence-corrected chi connectivity index (χ2v) is 8.60. The quantitative estimate of drug-likeness (QED) is 0.325. The Bertz CT molecular complexity index is 1340. The Balaban J connectivity index is 2.03. The third-order valence-electron chi connectivity index (χ3n) is 4.56. The second kappa shape index (κ2) is 7.90. The number of rotatable bonds is 3. The first-order chi connectivity index (χ1) is 14.7. The van der Waals surface area contributed by atoms with E-state index in [1.807, 2.05) is 18.2 Å². The molecule has 4 rings (SSSR count). The number of aromatic amines is 1. The molecule has 7 nitrogen and oxygen atoms in total. The van der Waals surface area contributed by atoms with E-state index in [2.05, 4.69) is 9.97 Å². The molecule has 160 valence electrons. The highest BCUT2D eigenvalue weighted by Gasteiger charge is 2.29. The predicted octanol–water partition coefficient (Wildman–Crippen LogP) is 5.47. The van der Waals surface area contributed by atoms with E-state index in [4.69, 9.17) is 27.9 Å². The van der Waals surface area contributed by atoms with Crippen LogP contribution in [0.15, 0.2) is 53.3 Å². The number of carbonyl (C=O) groups is 1. The Kier molecular flexibility index (Phi) is 5.41. The third kappa shape index (κ3) is 3.98. The van der Waals surface area contributed by atoms with Crippen LogP contribution in [0.4, 0.5) is 10.5 Å². The van der Waals surface area contributed by atoms with Gasteiger partial charge in [-0.05, 0) is 44.5 Å². The molecule has 31 heavy (non-hydrogen) atoms. The summed E-state index contributed by atoms with van der Waals surface area (Å²) in [6, 6.07) is 14.2. The molecule has 0 spiro atoms. The van der Waals surface area contributed by atoms with Crippen molar-refractivity contribution in [3.05, 3.63) is 69.7 Å². The first-order valence-electron chi connectivity index (χ1n) is 9.57. The summed E-state index contributed by atoms with van der Waals surface area (Å²) in [6.07, 6.45) is -0.717. The molecule has 0 saturated heterocycles. The van der Waals surface area contributed by atoms with E-state index in [1.54, 1.807) is 51.1 Å². The number of amides is 1. The van der Waals surface area contributed by atoms with Crippen molar-refractivity contribution in [2.24, 2.45) is 0 Å². The van der Waals surface area contributed by atoms with Gasteiger partial charge in [0, 0.05) is 11.3 Å². The molecule has 0 unspecified atom stereocenters. The van der Waals surface area contributed by atoms with E-state index in [9.17, 15) is 9.59 Å². The fraction of sp³-hybridized carbons (Fsp3) is 0.227. The number of anilines is 1. The lowest BCUT2D eigenvalue weighted by molar-refractivity contribution is 0.0564. The molecule has 0 bridgehead atoms. The van der Waals surface area contributed by atoms with Crippen LogP contribution < -0.4 is 10.7 Å². The van der Waals surface area contributed by atoms with E-state index in [0.29, 0.717) is 33.5 Å². The van der Waals surface area contributed by atoms with Crippen molar-refractivity contribution in [3.8, 4) is 0 Å². The van der Waals surface area contributed by atoms with Gasteiger partial charge in [-0.25, -0.2) is 14.6 Å². The van der Waals surface area contributed by atoms with Crippen molar-refractivity contribution in [2.75, 3.05) is 5.01 Å². The van der Waals surface area contributed by atoms with Crippen LogP contribution in [-0.4, -0.2) is 26.3 Å². The van der Waals surface area contributed by atoms with Crippen LogP contribution in [0.25, 0.3) is 21.9 Å². The molecule has 4 aromatic rings. The van der Waals surface area contributed by atoms with Gasteiger partial charge in [0.25, 0.3) is 0 Å². The Morgan fingerprint density at radius 2 is 1.84 bits per heavy atom. The Morgan fingerprint density at radius 1 is 1.16 bits per heavy atom. The molecule has 2 heterocycles. The maximum Gasteiger partial charge on any atom is 0.434 e. The molecule has 2 aromatic carbocycles. The number of nitrogens with zero attached hydrogens (tertiary/aromatic N) is 3. The van der Waals surface area contributed by atoms with Crippen LogP contribution in [0.1, 0.15) is 26.3 Å². The van der Waals surface area contributed by atoms with E-state index < -0.39 is 17.4 Å². The molecule has 1 N–H and O–H groups in total. The number of carbonyl (C=O) groups excluding carboxylic acids is 1. The number of nitrogens with one attached hydrogen (secondary N) is 1. The van der Waals surface area contributed by atoms with Crippen molar-refractivity contribution >= 4 is 56.9 Å². The fourth-order valence-corrected chi connectivity index (χ4v) is 3.69. The van der Waals surface area contributed by atoms with Gasteiger partial charge in [-0.2, -0.15) is 9.69 Å².